The Bertz CT molecular complexity index is 788. The van der Waals surface area contributed by atoms with E-state index >= 15 is 0 Å². The van der Waals surface area contributed by atoms with Gasteiger partial charge in [-0.05, 0) is 0 Å². The fourth-order valence-electron chi connectivity index (χ4n) is 3.83. The van der Waals surface area contributed by atoms with Gasteiger partial charge in [0.2, 0.25) is 0 Å². The van der Waals surface area contributed by atoms with Crippen LogP contribution in [0.25, 0.3) is 0 Å². The Morgan fingerprint density at radius 1 is 1.15 bits per heavy atom. The number of aromatic hydroxyl groups is 1. The molecule has 1 atom stereocenters. The summed E-state index contributed by atoms with van der Waals surface area (Å²) in [5, 5.41) is 23.5. The Balaban J connectivity index is 1.62. The van der Waals surface area contributed by atoms with E-state index in [2.05, 4.69) is 31.3 Å². The Morgan fingerprint density at radius 2 is 1.78 bits per heavy atom. The molecule has 3 N–H and O–H groups in total. The van der Waals surface area contributed by atoms with Crippen molar-refractivity contribution in [3.05, 3.63) is 58.1 Å². The number of hydrogen-bond acceptors (Lipinski definition) is 3. The Morgan fingerprint density at radius 3 is 2.33 bits per heavy atom. The van der Waals surface area contributed by atoms with Crippen molar-refractivity contribution in [3.63, 3.8) is 0 Å². The second-order valence-corrected chi connectivity index (χ2v) is 10.1. The van der Waals surface area contributed by atoms with E-state index in [0.717, 1.165) is 36.5 Å². The van der Waals surface area contributed by atoms with E-state index in [1.54, 1.807) is 12.1 Å². The number of nitrogens with one attached hydrogen (secondary N) is 1. The number of rotatable bonds is 8. The maximum atomic E-state index is 10.6. The van der Waals surface area contributed by atoms with E-state index in [0.29, 0.717) is 16.8 Å². The number of aliphatic hydroxyl groups is 1. The second-order valence-electron chi connectivity index (χ2n) is 7.08. The molecule has 27 heavy (non-hydrogen) atoms. The topological polar surface area (TPSA) is 69.6 Å². The van der Waals surface area contributed by atoms with Gasteiger partial charge in [-0.15, -0.1) is 0 Å². The van der Waals surface area contributed by atoms with E-state index in [9.17, 15) is 15.0 Å². The van der Waals surface area contributed by atoms with Gasteiger partial charge >= 0.3 is 168 Å². The molecule has 1 aliphatic rings. The van der Waals surface area contributed by atoms with Crippen LogP contribution in [0.3, 0.4) is 0 Å². The summed E-state index contributed by atoms with van der Waals surface area (Å²) < 4.78 is 0.660. The van der Waals surface area contributed by atoms with Crippen molar-refractivity contribution in [1.82, 2.24) is 0 Å². The molecule has 0 spiro atoms. The van der Waals surface area contributed by atoms with Crippen molar-refractivity contribution < 1.29 is 15.0 Å². The molecule has 1 aliphatic carbocycles. The first kappa shape index (κ1) is 20.0. The van der Waals surface area contributed by atoms with E-state index in [-0.39, 0.29) is 21.5 Å². The molecule has 4 nitrogen and oxygen atoms in total. The van der Waals surface area contributed by atoms with E-state index in [1.165, 1.54) is 28.3 Å². The quantitative estimate of drug-likeness (QED) is 0.340. The standard InChI is InChI=1S/C22H27AsNO3/c1-3-14-7-17-9-19(10-18(17)8-15(14)4-2)23-12-22(27)16-5-6-21(26)20(11-16)24-13-25/h5-8,11,13,19,22,26-27H,3-4,9-10,12H2,1-2H3,(H,24,25). The van der Waals surface area contributed by atoms with Crippen LogP contribution in [-0.4, -0.2) is 32.4 Å². The maximum absolute atomic E-state index is 10.6. The van der Waals surface area contributed by atoms with Gasteiger partial charge in [-0.25, -0.2) is 0 Å². The van der Waals surface area contributed by atoms with Crippen LogP contribution < -0.4 is 5.32 Å². The minimum atomic E-state index is -0.557. The molecule has 0 saturated carbocycles. The van der Waals surface area contributed by atoms with Gasteiger partial charge in [0, 0.05) is 0 Å². The molecular formula is C22H27AsNO3. The number of hydrogen-bond donors (Lipinski definition) is 3. The van der Waals surface area contributed by atoms with Gasteiger partial charge in [0.1, 0.15) is 0 Å². The third-order valence-corrected chi connectivity index (χ3v) is 8.37. The molecule has 3 rings (SSSR count). The molecule has 0 aliphatic heterocycles. The number of phenols is 1. The fraction of sp³-hybridized carbons (Fsp3) is 0.409. The van der Waals surface area contributed by atoms with Gasteiger partial charge in [0.05, 0.1) is 0 Å². The zero-order valence-electron chi connectivity index (χ0n) is 15.9. The minimum absolute atomic E-state index is 0.0102. The van der Waals surface area contributed by atoms with Crippen LogP contribution in [0.2, 0.25) is 9.91 Å². The summed E-state index contributed by atoms with van der Waals surface area (Å²) in [5.41, 5.74) is 7.04. The summed E-state index contributed by atoms with van der Waals surface area (Å²) in [7, 11) is 0. The second kappa shape index (κ2) is 8.95. The van der Waals surface area contributed by atoms with Crippen molar-refractivity contribution >= 4 is 27.8 Å². The van der Waals surface area contributed by atoms with Crippen molar-refractivity contribution in [3.8, 4) is 5.75 Å². The number of aryl methyl sites for hydroxylation is 2. The van der Waals surface area contributed by atoms with Crippen molar-refractivity contribution in [2.24, 2.45) is 0 Å². The van der Waals surface area contributed by atoms with E-state index in [4.69, 9.17) is 0 Å². The summed E-state index contributed by atoms with van der Waals surface area (Å²) in [5.74, 6) is 0.0102. The molecule has 143 valence electrons. The third kappa shape index (κ3) is 4.56. The number of anilines is 1. The molecule has 2 aromatic carbocycles. The van der Waals surface area contributed by atoms with Crippen molar-refractivity contribution in [1.29, 1.82) is 0 Å². The summed E-state index contributed by atoms with van der Waals surface area (Å²) in [4.78, 5) is 10.6. The first-order valence-corrected chi connectivity index (χ1v) is 12.0. The average molecular weight is 428 g/mol. The van der Waals surface area contributed by atoms with Crippen molar-refractivity contribution in [2.45, 2.75) is 55.5 Å². The van der Waals surface area contributed by atoms with Crippen LogP contribution in [0.1, 0.15) is 47.8 Å². The third-order valence-electron chi connectivity index (χ3n) is 5.35. The van der Waals surface area contributed by atoms with Crippen LogP contribution >= 0.6 is 0 Å². The molecule has 0 saturated heterocycles. The van der Waals surface area contributed by atoms with Gasteiger partial charge in [-0.1, -0.05) is 0 Å². The molecule has 0 bridgehead atoms. The Kier molecular flexibility index (Phi) is 6.62. The number of carbonyl (C=O) groups is 1. The SMILES string of the molecule is CCc1cc2c(cc1CC)CC([As]CC(O)c1ccc(O)c(NC=O)c1)C2. The van der Waals surface area contributed by atoms with Crippen molar-refractivity contribution in [2.75, 3.05) is 5.32 Å². The first-order valence-electron chi connectivity index (χ1n) is 9.57. The molecule has 1 amide bonds. The molecule has 0 heterocycles. The summed E-state index contributed by atoms with van der Waals surface area (Å²) in [6.45, 7) is 4.45. The molecular weight excluding hydrogens is 401 g/mol. The van der Waals surface area contributed by atoms with Gasteiger partial charge in [0.25, 0.3) is 0 Å². The molecule has 5 heteroatoms. The monoisotopic (exact) mass is 428 g/mol. The van der Waals surface area contributed by atoms with E-state index in [1.807, 2.05) is 0 Å². The van der Waals surface area contributed by atoms with Gasteiger partial charge in [-0.2, -0.15) is 0 Å². The number of phenolic OH excluding ortho intramolecular Hbond substituents is 1. The van der Waals surface area contributed by atoms with Gasteiger partial charge in [-0.3, -0.25) is 0 Å². The Hall–Kier alpha value is -1.77. The number of amides is 1. The van der Waals surface area contributed by atoms with Gasteiger partial charge < -0.3 is 0 Å². The normalized spacial score (nSPS) is 15.2. The summed E-state index contributed by atoms with van der Waals surface area (Å²) in [6, 6.07) is 9.71. The van der Waals surface area contributed by atoms with E-state index < -0.39 is 6.10 Å². The predicted molar refractivity (Wildman–Crippen MR) is 110 cm³/mol. The summed E-state index contributed by atoms with van der Waals surface area (Å²) in [6.07, 6.45) is 4.41. The van der Waals surface area contributed by atoms with Crippen LogP contribution in [0.4, 0.5) is 5.69 Å². The predicted octanol–water partition coefficient (Wildman–Crippen LogP) is 3.83. The molecule has 0 fully saturated rings. The number of aliphatic hydroxyl groups excluding tert-OH is 1. The Labute approximate surface area is 167 Å². The average Bonchev–Trinajstić information content (AvgIpc) is 3.08. The molecule has 1 unspecified atom stereocenters. The molecule has 1 radical (unpaired) electrons. The van der Waals surface area contributed by atoms with Crippen LogP contribution in [0.5, 0.6) is 5.75 Å². The fourth-order valence-corrected chi connectivity index (χ4v) is 6.69. The number of carbonyl (C=O) groups excluding carboxylic acids is 1. The van der Waals surface area contributed by atoms with Crippen LogP contribution in [0, 0.1) is 0 Å². The van der Waals surface area contributed by atoms with Gasteiger partial charge in [0.15, 0.2) is 0 Å². The zero-order chi connectivity index (χ0) is 19.4. The summed E-state index contributed by atoms with van der Waals surface area (Å²) >= 11 is 0.0129. The number of fused-ring (bicyclic) bond motifs is 1. The zero-order valence-corrected chi connectivity index (χ0v) is 17.8. The van der Waals surface area contributed by atoms with Crippen LogP contribution in [0.15, 0.2) is 30.3 Å². The molecule has 2 aromatic rings. The first-order chi connectivity index (χ1) is 13.0. The molecule has 0 aromatic heterocycles. The van der Waals surface area contributed by atoms with Crippen LogP contribution in [-0.2, 0) is 30.5 Å². The number of benzene rings is 2.